The van der Waals surface area contributed by atoms with Gasteiger partial charge in [0.25, 0.3) is 11.1 Å². The van der Waals surface area contributed by atoms with E-state index in [1.807, 2.05) is 20.8 Å². The first-order valence-electron chi connectivity index (χ1n) is 7.72. The highest BCUT2D eigenvalue weighted by Crippen LogP contribution is 2.33. The predicted octanol–water partition coefficient (Wildman–Crippen LogP) is 4.66. The molecule has 132 valence electrons. The first-order chi connectivity index (χ1) is 12.0. The summed E-state index contributed by atoms with van der Waals surface area (Å²) in [6.07, 6.45) is 0. The van der Waals surface area contributed by atoms with Crippen LogP contribution < -0.4 is 4.74 Å². The average molecular weight is 381 g/mol. The van der Waals surface area contributed by atoms with Crippen LogP contribution in [0.25, 0.3) is 0 Å². The van der Waals surface area contributed by atoms with Crippen LogP contribution >= 0.6 is 23.4 Å². The maximum absolute atomic E-state index is 5.83. The highest BCUT2D eigenvalue weighted by molar-refractivity contribution is 7.99. The zero-order valence-corrected chi connectivity index (χ0v) is 15.5. The molecule has 9 heteroatoms. The highest BCUT2D eigenvalue weighted by Gasteiger charge is 2.20. The van der Waals surface area contributed by atoms with E-state index < -0.39 is 0 Å². The van der Waals surface area contributed by atoms with Crippen LogP contribution in [0.1, 0.15) is 49.5 Å². The molecule has 0 radical (unpaired) electrons. The Morgan fingerprint density at radius 1 is 1.16 bits per heavy atom. The van der Waals surface area contributed by atoms with Gasteiger partial charge in [0, 0.05) is 10.9 Å². The summed E-state index contributed by atoms with van der Waals surface area (Å²) in [5.41, 5.74) is 0. The number of nitrogens with zero attached hydrogens (tertiary/aromatic N) is 4. The molecule has 0 N–H and O–H groups in total. The van der Waals surface area contributed by atoms with Gasteiger partial charge in [-0.2, -0.15) is 4.98 Å². The fourth-order valence-corrected chi connectivity index (χ4v) is 2.73. The molecule has 25 heavy (non-hydrogen) atoms. The van der Waals surface area contributed by atoms with Crippen LogP contribution in [-0.4, -0.2) is 20.3 Å². The van der Waals surface area contributed by atoms with E-state index >= 15 is 0 Å². The average Bonchev–Trinajstić information content (AvgIpc) is 3.24. The van der Waals surface area contributed by atoms with Gasteiger partial charge in [0.05, 0.1) is 5.25 Å². The van der Waals surface area contributed by atoms with Gasteiger partial charge in [0.15, 0.2) is 12.4 Å². The van der Waals surface area contributed by atoms with Crippen LogP contribution in [0.15, 0.2) is 38.4 Å². The van der Waals surface area contributed by atoms with E-state index in [0.717, 1.165) is 0 Å². The van der Waals surface area contributed by atoms with E-state index in [1.165, 1.54) is 11.8 Å². The van der Waals surface area contributed by atoms with Crippen molar-refractivity contribution in [2.75, 3.05) is 0 Å². The molecule has 3 rings (SSSR count). The summed E-state index contributed by atoms with van der Waals surface area (Å²) in [5, 5.41) is 12.9. The van der Waals surface area contributed by atoms with Crippen molar-refractivity contribution in [3.8, 4) is 5.75 Å². The number of halogens is 1. The van der Waals surface area contributed by atoms with Crippen LogP contribution in [0.2, 0.25) is 5.02 Å². The van der Waals surface area contributed by atoms with Gasteiger partial charge in [-0.15, -0.1) is 10.2 Å². The van der Waals surface area contributed by atoms with Gasteiger partial charge < -0.3 is 13.7 Å². The molecule has 3 aromatic rings. The number of hydrogen-bond donors (Lipinski definition) is 0. The number of ether oxygens (including phenoxy) is 1. The lowest BCUT2D eigenvalue weighted by atomic mass is 10.2. The molecule has 0 aliphatic carbocycles. The predicted molar refractivity (Wildman–Crippen MR) is 92.7 cm³/mol. The summed E-state index contributed by atoms with van der Waals surface area (Å²) < 4.78 is 16.4. The molecular formula is C16H17ClN4O3S. The van der Waals surface area contributed by atoms with E-state index in [9.17, 15) is 0 Å². The first-order valence-corrected chi connectivity index (χ1v) is 8.98. The smallest absolute Gasteiger partial charge is 0.277 e. The fraction of sp³-hybridized carbons (Fsp3) is 0.375. The Hall–Kier alpha value is -2.06. The van der Waals surface area contributed by atoms with Crippen molar-refractivity contribution < 1.29 is 13.7 Å². The van der Waals surface area contributed by atoms with Crippen LogP contribution in [0.5, 0.6) is 5.75 Å². The lowest BCUT2D eigenvalue weighted by Gasteiger charge is -2.03. The minimum atomic E-state index is -0.0921. The summed E-state index contributed by atoms with van der Waals surface area (Å²) >= 11 is 7.19. The molecule has 0 spiro atoms. The molecule has 0 bridgehead atoms. The molecule has 2 heterocycles. The second kappa shape index (κ2) is 7.88. The Morgan fingerprint density at radius 3 is 2.60 bits per heavy atom. The SMILES string of the molecule is CC(C)c1noc(C(C)Sc2nnc(COc3ccc(Cl)cc3)o2)n1. The van der Waals surface area contributed by atoms with Gasteiger partial charge >= 0.3 is 0 Å². The molecule has 7 nitrogen and oxygen atoms in total. The van der Waals surface area contributed by atoms with Crippen LogP contribution in [-0.2, 0) is 6.61 Å². The van der Waals surface area contributed by atoms with Gasteiger partial charge in [-0.25, -0.2) is 0 Å². The normalized spacial score (nSPS) is 12.5. The zero-order chi connectivity index (χ0) is 17.8. The molecular weight excluding hydrogens is 364 g/mol. The molecule has 0 saturated carbocycles. The molecule has 0 fully saturated rings. The Bertz CT molecular complexity index is 819. The topological polar surface area (TPSA) is 87.1 Å². The molecule has 1 aromatic carbocycles. The Balaban J connectivity index is 1.56. The van der Waals surface area contributed by atoms with E-state index in [2.05, 4.69) is 20.3 Å². The van der Waals surface area contributed by atoms with Crippen molar-refractivity contribution in [1.82, 2.24) is 20.3 Å². The number of benzene rings is 1. The molecule has 0 aliphatic heterocycles. The lowest BCUT2D eigenvalue weighted by Crippen LogP contribution is -1.95. The fourth-order valence-electron chi connectivity index (χ4n) is 1.87. The molecule has 2 aromatic heterocycles. The van der Waals surface area contributed by atoms with Crippen LogP contribution in [0, 0.1) is 0 Å². The van der Waals surface area contributed by atoms with Crippen LogP contribution in [0.4, 0.5) is 0 Å². The summed E-state index contributed by atoms with van der Waals surface area (Å²) in [5.74, 6) is 2.50. The molecule has 1 unspecified atom stereocenters. The van der Waals surface area contributed by atoms with Crippen molar-refractivity contribution in [3.63, 3.8) is 0 Å². The highest BCUT2D eigenvalue weighted by atomic mass is 35.5. The van der Waals surface area contributed by atoms with Crippen molar-refractivity contribution in [2.24, 2.45) is 0 Å². The third-order valence-corrected chi connectivity index (χ3v) is 4.40. The van der Waals surface area contributed by atoms with Gasteiger partial charge in [-0.1, -0.05) is 42.4 Å². The van der Waals surface area contributed by atoms with Gasteiger partial charge in [0.1, 0.15) is 5.75 Å². The first kappa shape index (κ1) is 17.8. The number of thioether (sulfide) groups is 1. The minimum absolute atomic E-state index is 0.0921. The Morgan fingerprint density at radius 2 is 1.92 bits per heavy atom. The number of hydrogen-bond acceptors (Lipinski definition) is 8. The number of aromatic nitrogens is 4. The maximum atomic E-state index is 5.83. The van der Waals surface area contributed by atoms with Crippen LogP contribution in [0.3, 0.4) is 0 Å². The standard InChI is InChI=1S/C16H17ClN4O3S/c1-9(2)14-18-15(24-21-14)10(3)25-16-20-19-13(23-16)8-22-12-6-4-11(17)5-7-12/h4-7,9-10H,8H2,1-3H3. The zero-order valence-electron chi connectivity index (χ0n) is 14.0. The van der Waals surface area contributed by atoms with E-state index in [1.54, 1.807) is 24.3 Å². The lowest BCUT2D eigenvalue weighted by molar-refractivity contribution is 0.252. The van der Waals surface area contributed by atoms with Crippen molar-refractivity contribution in [2.45, 2.75) is 43.8 Å². The second-order valence-electron chi connectivity index (χ2n) is 5.61. The Labute approximate surface area is 154 Å². The molecule has 0 aliphatic rings. The monoisotopic (exact) mass is 380 g/mol. The van der Waals surface area contributed by atoms with Gasteiger partial charge in [-0.3, -0.25) is 0 Å². The third-order valence-electron chi connectivity index (χ3n) is 3.22. The maximum Gasteiger partial charge on any atom is 0.277 e. The summed E-state index contributed by atoms with van der Waals surface area (Å²) in [7, 11) is 0. The second-order valence-corrected chi connectivity index (χ2v) is 7.34. The summed E-state index contributed by atoms with van der Waals surface area (Å²) in [4.78, 5) is 4.37. The van der Waals surface area contributed by atoms with E-state index in [4.69, 9.17) is 25.3 Å². The molecule has 0 amide bonds. The quantitative estimate of drug-likeness (QED) is 0.547. The largest absolute Gasteiger partial charge is 0.484 e. The summed E-state index contributed by atoms with van der Waals surface area (Å²) in [6.45, 7) is 6.15. The van der Waals surface area contributed by atoms with Crippen molar-refractivity contribution in [3.05, 3.63) is 46.9 Å². The summed E-state index contributed by atoms with van der Waals surface area (Å²) in [6, 6.07) is 7.06. The Kier molecular flexibility index (Phi) is 5.60. The molecule has 0 saturated heterocycles. The van der Waals surface area contributed by atoms with Gasteiger partial charge in [0.2, 0.25) is 5.89 Å². The minimum Gasteiger partial charge on any atom is -0.484 e. The number of rotatable bonds is 7. The van der Waals surface area contributed by atoms with Gasteiger partial charge in [-0.05, 0) is 31.2 Å². The van der Waals surface area contributed by atoms with E-state index in [0.29, 0.717) is 33.6 Å². The van der Waals surface area contributed by atoms with Crippen molar-refractivity contribution >= 4 is 23.4 Å². The third kappa shape index (κ3) is 4.73. The molecule has 1 atom stereocenters. The van der Waals surface area contributed by atoms with E-state index in [-0.39, 0.29) is 17.8 Å². The van der Waals surface area contributed by atoms with Crippen molar-refractivity contribution in [1.29, 1.82) is 0 Å².